The molecule has 3 heteroatoms. The molecule has 0 aromatic rings. The Morgan fingerprint density at radius 3 is 2.80 bits per heavy atom. The van der Waals surface area contributed by atoms with Crippen LogP contribution in [0, 0.1) is 11.8 Å². The predicted octanol–water partition coefficient (Wildman–Crippen LogP) is 1.33. The van der Waals surface area contributed by atoms with Gasteiger partial charge in [-0.25, -0.2) is 0 Å². The lowest BCUT2D eigenvalue weighted by Gasteiger charge is -2.36. The summed E-state index contributed by atoms with van der Waals surface area (Å²) in [5, 5.41) is 0. The van der Waals surface area contributed by atoms with E-state index < -0.39 is 0 Å². The third-order valence-corrected chi connectivity index (χ3v) is 3.36. The Morgan fingerprint density at radius 2 is 2.20 bits per heavy atom. The summed E-state index contributed by atoms with van der Waals surface area (Å²) in [5.41, 5.74) is 5.77. The summed E-state index contributed by atoms with van der Waals surface area (Å²) in [6, 6.07) is 0. The van der Waals surface area contributed by atoms with Crippen LogP contribution >= 0.6 is 0 Å². The van der Waals surface area contributed by atoms with E-state index in [0.717, 1.165) is 32.2 Å². The molecule has 1 saturated heterocycles. The molecule has 1 aliphatic heterocycles. The van der Waals surface area contributed by atoms with E-state index in [1.807, 2.05) is 0 Å². The topological polar surface area (TPSA) is 38.5 Å². The molecule has 90 valence electrons. The van der Waals surface area contributed by atoms with Gasteiger partial charge in [0.2, 0.25) is 0 Å². The Labute approximate surface area is 94.0 Å². The lowest BCUT2D eigenvalue weighted by Crippen LogP contribution is -2.43. The third-order valence-electron chi connectivity index (χ3n) is 3.36. The minimum Gasteiger partial charge on any atom is -0.377 e. The molecule has 0 spiro atoms. The fraction of sp³-hybridized carbons (Fsp3) is 1.00. The summed E-state index contributed by atoms with van der Waals surface area (Å²) in [5.74, 6) is 1.47. The molecule has 3 nitrogen and oxygen atoms in total. The van der Waals surface area contributed by atoms with Crippen LogP contribution in [0.2, 0.25) is 0 Å². The first-order chi connectivity index (χ1) is 7.13. The van der Waals surface area contributed by atoms with Crippen LogP contribution in [0.15, 0.2) is 0 Å². The van der Waals surface area contributed by atoms with Gasteiger partial charge >= 0.3 is 0 Å². The lowest BCUT2D eigenvalue weighted by atomic mass is 9.87. The van der Waals surface area contributed by atoms with Gasteiger partial charge < -0.3 is 15.4 Å². The quantitative estimate of drug-likeness (QED) is 0.750. The number of likely N-dealkylation sites (tertiary alicyclic amines) is 1. The highest BCUT2D eigenvalue weighted by Gasteiger charge is 2.24. The fourth-order valence-electron chi connectivity index (χ4n) is 2.15. The van der Waals surface area contributed by atoms with Crippen molar-refractivity contribution in [2.45, 2.75) is 33.3 Å². The van der Waals surface area contributed by atoms with Crippen LogP contribution in [0.25, 0.3) is 0 Å². The average Bonchev–Trinajstić information content (AvgIpc) is 2.20. The van der Waals surface area contributed by atoms with Crippen LogP contribution in [0.5, 0.6) is 0 Å². The van der Waals surface area contributed by atoms with E-state index in [-0.39, 0.29) is 0 Å². The van der Waals surface area contributed by atoms with E-state index in [2.05, 4.69) is 25.7 Å². The van der Waals surface area contributed by atoms with Gasteiger partial charge in [-0.1, -0.05) is 6.92 Å². The molecule has 2 N–H and O–H groups in total. The third kappa shape index (κ3) is 4.49. The summed E-state index contributed by atoms with van der Waals surface area (Å²) in [4.78, 5) is 2.49. The first-order valence-corrected chi connectivity index (χ1v) is 6.17. The zero-order valence-corrected chi connectivity index (χ0v) is 10.4. The van der Waals surface area contributed by atoms with Crippen molar-refractivity contribution in [3.05, 3.63) is 0 Å². The number of nitrogens with two attached hydrogens (primary N) is 1. The zero-order chi connectivity index (χ0) is 11.3. The fourth-order valence-corrected chi connectivity index (χ4v) is 2.15. The van der Waals surface area contributed by atoms with Gasteiger partial charge in [-0.3, -0.25) is 0 Å². The SMILES string of the molecule is CC(C)OCCN1CCC(C)C(CN)C1. The maximum Gasteiger partial charge on any atom is 0.0596 e. The summed E-state index contributed by atoms with van der Waals surface area (Å²) in [6.07, 6.45) is 1.63. The van der Waals surface area contributed by atoms with Crippen LogP contribution < -0.4 is 5.73 Å². The Hall–Kier alpha value is -0.120. The molecule has 1 rings (SSSR count). The highest BCUT2D eigenvalue weighted by atomic mass is 16.5. The number of ether oxygens (including phenoxy) is 1. The van der Waals surface area contributed by atoms with Gasteiger partial charge in [-0.2, -0.15) is 0 Å². The molecular weight excluding hydrogens is 188 g/mol. The predicted molar refractivity (Wildman–Crippen MR) is 63.9 cm³/mol. The minimum absolute atomic E-state index is 0.346. The van der Waals surface area contributed by atoms with Crippen molar-refractivity contribution < 1.29 is 4.74 Å². The number of hydrogen-bond acceptors (Lipinski definition) is 3. The average molecular weight is 214 g/mol. The molecule has 0 saturated carbocycles. The van der Waals surface area contributed by atoms with E-state index in [1.165, 1.54) is 13.0 Å². The monoisotopic (exact) mass is 214 g/mol. The standard InChI is InChI=1S/C12H26N2O/c1-10(2)15-7-6-14-5-4-11(3)12(8-13)9-14/h10-12H,4-9,13H2,1-3H3. The summed E-state index contributed by atoms with van der Waals surface area (Å²) < 4.78 is 5.57. The van der Waals surface area contributed by atoms with E-state index in [4.69, 9.17) is 10.5 Å². The molecule has 15 heavy (non-hydrogen) atoms. The molecular formula is C12H26N2O. The maximum atomic E-state index is 5.77. The summed E-state index contributed by atoms with van der Waals surface area (Å²) in [7, 11) is 0. The van der Waals surface area contributed by atoms with Gasteiger partial charge in [0.15, 0.2) is 0 Å². The lowest BCUT2D eigenvalue weighted by molar-refractivity contribution is 0.0419. The highest BCUT2D eigenvalue weighted by molar-refractivity contribution is 4.78. The maximum absolute atomic E-state index is 5.77. The zero-order valence-electron chi connectivity index (χ0n) is 10.4. The number of hydrogen-bond donors (Lipinski definition) is 1. The smallest absolute Gasteiger partial charge is 0.0596 e. The second kappa shape index (κ2) is 6.46. The van der Waals surface area contributed by atoms with Crippen molar-refractivity contribution in [2.75, 3.05) is 32.8 Å². The van der Waals surface area contributed by atoms with Crippen molar-refractivity contribution in [3.63, 3.8) is 0 Å². The molecule has 1 fully saturated rings. The number of rotatable bonds is 5. The Balaban J connectivity index is 2.20. The van der Waals surface area contributed by atoms with Crippen LogP contribution in [0.3, 0.4) is 0 Å². The van der Waals surface area contributed by atoms with Crippen LogP contribution in [0.1, 0.15) is 27.2 Å². The molecule has 0 aromatic heterocycles. The molecule has 0 amide bonds. The van der Waals surface area contributed by atoms with Gasteiger partial charge in [0.05, 0.1) is 12.7 Å². The molecule has 2 atom stereocenters. The van der Waals surface area contributed by atoms with Crippen molar-refractivity contribution in [1.29, 1.82) is 0 Å². The van der Waals surface area contributed by atoms with E-state index in [1.54, 1.807) is 0 Å². The van der Waals surface area contributed by atoms with Crippen LogP contribution in [-0.4, -0.2) is 43.8 Å². The van der Waals surface area contributed by atoms with Gasteiger partial charge in [0, 0.05) is 13.1 Å². The molecule has 1 heterocycles. The Kier molecular flexibility index (Phi) is 5.58. The molecule has 0 bridgehead atoms. The molecule has 0 aliphatic carbocycles. The van der Waals surface area contributed by atoms with Crippen molar-refractivity contribution in [1.82, 2.24) is 4.90 Å². The van der Waals surface area contributed by atoms with Gasteiger partial charge in [0.1, 0.15) is 0 Å². The second-order valence-corrected chi connectivity index (χ2v) is 4.98. The van der Waals surface area contributed by atoms with Gasteiger partial charge in [-0.05, 0) is 45.2 Å². The largest absolute Gasteiger partial charge is 0.377 e. The van der Waals surface area contributed by atoms with Crippen LogP contribution in [-0.2, 0) is 4.74 Å². The second-order valence-electron chi connectivity index (χ2n) is 4.98. The Morgan fingerprint density at radius 1 is 1.47 bits per heavy atom. The van der Waals surface area contributed by atoms with Crippen LogP contribution in [0.4, 0.5) is 0 Å². The molecule has 0 aromatic carbocycles. The first kappa shape index (κ1) is 12.9. The minimum atomic E-state index is 0.346. The van der Waals surface area contributed by atoms with Crippen molar-refractivity contribution in [3.8, 4) is 0 Å². The van der Waals surface area contributed by atoms with E-state index in [9.17, 15) is 0 Å². The Bertz CT molecular complexity index is 173. The molecule has 1 aliphatic rings. The highest BCUT2D eigenvalue weighted by Crippen LogP contribution is 2.21. The van der Waals surface area contributed by atoms with Gasteiger partial charge in [-0.15, -0.1) is 0 Å². The first-order valence-electron chi connectivity index (χ1n) is 6.17. The summed E-state index contributed by atoms with van der Waals surface area (Å²) in [6.45, 7) is 11.6. The number of nitrogens with zero attached hydrogens (tertiary/aromatic N) is 1. The molecule has 0 radical (unpaired) electrons. The van der Waals surface area contributed by atoms with E-state index >= 15 is 0 Å². The van der Waals surface area contributed by atoms with Crippen molar-refractivity contribution >= 4 is 0 Å². The number of piperidine rings is 1. The molecule has 2 unspecified atom stereocenters. The van der Waals surface area contributed by atoms with Gasteiger partial charge in [0.25, 0.3) is 0 Å². The van der Waals surface area contributed by atoms with Crippen molar-refractivity contribution in [2.24, 2.45) is 17.6 Å². The summed E-state index contributed by atoms with van der Waals surface area (Å²) >= 11 is 0. The van der Waals surface area contributed by atoms with E-state index in [0.29, 0.717) is 12.0 Å². The normalized spacial score (nSPS) is 28.6.